The van der Waals surface area contributed by atoms with Crippen molar-refractivity contribution in [2.75, 3.05) is 12.4 Å². The summed E-state index contributed by atoms with van der Waals surface area (Å²) in [5, 5.41) is 9.93. The number of nitrogens with zero attached hydrogens (tertiary/aromatic N) is 2. The monoisotopic (exact) mass is 368 g/mol. The van der Waals surface area contributed by atoms with Crippen LogP contribution in [0.25, 0.3) is 5.69 Å². The van der Waals surface area contributed by atoms with Gasteiger partial charge in [-0.2, -0.15) is 9.78 Å². The fourth-order valence-corrected chi connectivity index (χ4v) is 2.62. The van der Waals surface area contributed by atoms with Crippen LogP contribution in [0.15, 0.2) is 65.6 Å². The Morgan fingerprint density at radius 2 is 1.81 bits per heavy atom. The normalized spacial score (nSPS) is 10.4. The van der Waals surface area contributed by atoms with E-state index < -0.39 is 5.56 Å². The van der Waals surface area contributed by atoms with Crippen molar-refractivity contribution in [1.29, 1.82) is 0 Å². The number of hydrogen-bond donors (Lipinski definition) is 2. The van der Waals surface area contributed by atoms with Gasteiger partial charge in [0.2, 0.25) is 0 Å². The topological polar surface area (TPSA) is 76.0 Å². The van der Waals surface area contributed by atoms with Gasteiger partial charge in [0.05, 0.1) is 17.6 Å². The van der Waals surface area contributed by atoms with Crippen molar-refractivity contribution < 1.29 is 4.79 Å². The summed E-state index contributed by atoms with van der Waals surface area (Å²) in [4.78, 5) is 24.0. The van der Waals surface area contributed by atoms with Crippen LogP contribution < -0.4 is 16.2 Å². The molecule has 0 aliphatic carbocycles. The predicted octanol–water partition coefficient (Wildman–Crippen LogP) is 2.86. The molecule has 0 spiro atoms. The molecule has 0 unspecified atom stereocenters. The number of amides is 1. The van der Waals surface area contributed by atoms with Gasteiger partial charge in [-0.05, 0) is 29.8 Å². The van der Waals surface area contributed by atoms with Crippen LogP contribution in [-0.4, -0.2) is 22.7 Å². The average molecular weight is 369 g/mol. The van der Waals surface area contributed by atoms with Crippen LogP contribution in [0.4, 0.5) is 5.69 Å². The highest BCUT2D eigenvalue weighted by molar-refractivity contribution is 6.32. The molecule has 0 fully saturated rings. The van der Waals surface area contributed by atoms with Crippen LogP contribution in [0.1, 0.15) is 15.9 Å². The minimum absolute atomic E-state index is 0.0748. The van der Waals surface area contributed by atoms with Gasteiger partial charge in [-0.25, -0.2) is 0 Å². The Morgan fingerprint density at radius 1 is 1.12 bits per heavy atom. The molecule has 26 heavy (non-hydrogen) atoms. The number of halogens is 1. The number of carbonyl (C=O) groups is 1. The molecule has 0 aliphatic rings. The quantitative estimate of drug-likeness (QED) is 0.726. The largest absolute Gasteiger partial charge is 0.378 e. The Morgan fingerprint density at radius 3 is 2.46 bits per heavy atom. The molecule has 0 atom stereocenters. The van der Waals surface area contributed by atoms with E-state index in [0.29, 0.717) is 23.5 Å². The Kier molecular flexibility index (Phi) is 5.34. The minimum atomic E-state index is -0.391. The number of hydrogen-bond acceptors (Lipinski definition) is 4. The van der Waals surface area contributed by atoms with Crippen molar-refractivity contribution in [3.05, 3.63) is 87.3 Å². The number of anilines is 1. The van der Waals surface area contributed by atoms with E-state index in [0.717, 1.165) is 5.56 Å². The second kappa shape index (κ2) is 7.84. The van der Waals surface area contributed by atoms with Gasteiger partial charge in [0, 0.05) is 19.2 Å². The van der Waals surface area contributed by atoms with Gasteiger partial charge in [-0.15, -0.1) is 0 Å². The lowest BCUT2D eigenvalue weighted by atomic mass is 10.1. The zero-order valence-electron chi connectivity index (χ0n) is 14.1. The number of benzene rings is 2. The molecule has 0 bridgehead atoms. The van der Waals surface area contributed by atoms with Gasteiger partial charge in [0.25, 0.3) is 11.5 Å². The van der Waals surface area contributed by atoms with Crippen LogP contribution in [-0.2, 0) is 6.54 Å². The Bertz CT molecular complexity index is 969. The standard InChI is InChI=1S/C19H17ClN4O2/c1-21-18(25)14-9-7-13(8-10-14)11-22-16-12-23-24(19(26)17(16)20)15-5-3-2-4-6-15/h2-10,12,22H,11H2,1H3,(H,21,25). The smallest absolute Gasteiger partial charge is 0.292 e. The maximum Gasteiger partial charge on any atom is 0.292 e. The van der Waals surface area contributed by atoms with Gasteiger partial charge in [0.15, 0.2) is 0 Å². The summed E-state index contributed by atoms with van der Waals surface area (Å²) in [5.41, 5.74) is 2.25. The molecular weight excluding hydrogens is 352 g/mol. The molecule has 2 aromatic carbocycles. The first kappa shape index (κ1) is 17.7. The average Bonchev–Trinajstić information content (AvgIpc) is 2.69. The Hall–Kier alpha value is -3.12. The summed E-state index contributed by atoms with van der Waals surface area (Å²) in [6, 6.07) is 16.2. The van der Waals surface area contributed by atoms with Crippen LogP contribution in [0.5, 0.6) is 0 Å². The van der Waals surface area contributed by atoms with Crippen LogP contribution in [0.2, 0.25) is 5.02 Å². The molecule has 1 aromatic heterocycles. The number of para-hydroxylation sites is 1. The second-order valence-corrected chi connectivity index (χ2v) is 5.93. The van der Waals surface area contributed by atoms with Crippen LogP contribution in [0, 0.1) is 0 Å². The summed E-state index contributed by atoms with van der Waals surface area (Å²) < 4.78 is 1.26. The Labute approximate surface area is 155 Å². The van der Waals surface area contributed by atoms with Gasteiger partial charge >= 0.3 is 0 Å². The third-order valence-electron chi connectivity index (χ3n) is 3.85. The van der Waals surface area contributed by atoms with Crippen molar-refractivity contribution >= 4 is 23.2 Å². The number of nitrogens with one attached hydrogen (secondary N) is 2. The van der Waals surface area contributed by atoms with Gasteiger partial charge in [-0.1, -0.05) is 41.9 Å². The lowest BCUT2D eigenvalue weighted by molar-refractivity contribution is 0.0963. The molecule has 1 amide bonds. The number of carbonyl (C=O) groups excluding carboxylic acids is 1. The van der Waals surface area contributed by atoms with Crippen molar-refractivity contribution in [2.45, 2.75) is 6.54 Å². The van der Waals surface area contributed by atoms with Gasteiger partial charge in [-0.3, -0.25) is 9.59 Å². The minimum Gasteiger partial charge on any atom is -0.378 e. The van der Waals surface area contributed by atoms with Crippen LogP contribution >= 0.6 is 11.6 Å². The van der Waals surface area contributed by atoms with E-state index >= 15 is 0 Å². The highest BCUT2D eigenvalue weighted by Crippen LogP contribution is 2.18. The summed E-state index contributed by atoms with van der Waals surface area (Å²) in [6.45, 7) is 0.449. The lowest BCUT2D eigenvalue weighted by Crippen LogP contribution is -2.22. The Balaban J connectivity index is 1.76. The summed E-state index contributed by atoms with van der Waals surface area (Å²) in [7, 11) is 1.59. The third-order valence-corrected chi connectivity index (χ3v) is 4.21. The molecule has 0 saturated heterocycles. The number of rotatable bonds is 5. The van der Waals surface area contributed by atoms with E-state index in [9.17, 15) is 9.59 Å². The first-order valence-electron chi connectivity index (χ1n) is 7.98. The van der Waals surface area contributed by atoms with Gasteiger partial charge in [0.1, 0.15) is 5.02 Å². The molecule has 0 radical (unpaired) electrons. The first-order chi connectivity index (χ1) is 12.6. The maximum absolute atomic E-state index is 12.4. The predicted molar refractivity (Wildman–Crippen MR) is 102 cm³/mol. The van der Waals surface area contributed by atoms with E-state index in [1.54, 1.807) is 31.3 Å². The van der Waals surface area contributed by atoms with Crippen LogP contribution in [0.3, 0.4) is 0 Å². The fraction of sp³-hybridized carbons (Fsp3) is 0.105. The highest BCUT2D eigenvalue weighted by atomic mass is 35.5. The van der Waals surface area contributed by atoms with Crippen molar-refractivity contribution in [3.8, 4) is 5.69 Å². The van der Waals surface area contributed by atoms with E-state index in [-0.39, 0.29) is 10.9 Å². The lowest BCUT2D eigenvalue weighted by Gasteiger charge is -2.10. The molecule has 7 heteroatoms. The highest BCUT2D eigenvalue weighted by Gasteiger charge is 2.10. The zero-order valence-corrected chi connectivity index (χ0v) is 14.8. The van der Waals surface area contributed by atoms with E-state index in [1.807, 2.05) is 30.3 Å². The first-order valence-corrected chi connectivity index (χ1v) is 8.36. The van der Waals surface area contributed by atoms with Crippen molar-refractivity contribution in [2.24, 2.45) is 0 Å². The second-order valence-electron chi connectivity index (χ2n) is 5.55. The molecular formula is C19H17ClN4O2. The van der Waals surface area contributed by atoms with E-state index in [2.05, 4.69) is 15.7 Å². The molecule has 0 aliphatic heterocycles. The fourth-order valence-electron chi connectivity index (χ4n) is 2.42. The molecule has 2 N–H and O–H groups in total. The third kappa shape index (κ3) is 3.75. The SMILES string of the molecule is CNC(=O)c1ccc(CNc2cnn(-c3ccccc3)c(=O)c2Cl)cc1. The molecule has 3 rings (SSSR count). The molecule has 3 aromatic rings. The van der Waals surface area contributed by atoms with E-state index in [4.69, 9.17) is 11.6 Å². The van der Waals surface area contributed by atoms with E-state index in [1.165, 1.54) is 10.9 Å². The molecule has 1 heterocycles. The van der Waals surface area contributed by atoms with Crippen molar-refractivity contribution in [3.63, 3.8) is 0 Å². The summed E-state index contributed by atoms with van der Waals surface area (Å²) >= 11 is 6.21. The van der Waals surface area contributed by atoms with Crippen molar-refractivity contribution in [1.82, 2.24) is 15.1 Å². The summed E-state index contributed by atoms with van der Waals surface area (Å²) in [5.74, 6) is -0.138. The molecule has 0 saturated carbocycles. The number of aromatic nitrogens is 2. The molecule has 132 valence electrons. The zero-order chi connectivity index (χ0) is 18.5. The maximum atomic E-state index is 12.4. The summed E-state index contributed by atoms with van der Waals surface area (Å²) in [6.07, 6.45) is 1.52. The van der Waals surface area contributed by atoms with Gasteiger partial charge < -0.3 is 10.6 Å². The molecule has 6 nitrogen and oxygen atoms in total.